The lowest BCUT2D eigenvalue weighted by Crippen LogP contribution is -2.27. The van der Waals surface area contributed by atoms with Crippen molar-refractivity contribution in [2.24, 2.45) is 0 Å². The number of nitrogens with zero attached hydrogens (tertiary/aromatic N) is 1. The number of thioether (sulfide) groups is 1. The van der Waals surface area contributed by atoms with Crippen LogP contribution >= 0.6 is 27.7 Å². The predicted molar refractivity (Wildman–Crippen MR) is 127 cm³/mol. The maximum Gasteiger partial charge on any atom is 0.293 e. The number of carbonyl (C=O) groups is 2. The Balaban J connectivity index is 1.59. The molecule has 3 aromatic carbocycles. The van der Waals surface area contributed by atoms with E-state index in [2.05, 4.69) is 15.9 Å². The van der Waals surface area contributed by atoms with E-state index in [0.29, 0.717) is 27.5 Å². The van der Waals surface area contributed by atoms with Crippen molar-refractivity contribution in [2.45, 2.75) is 13.5 Å². The van der Waals surface area contributed by atoms with Crippen LogP contribution in [0, 0.1) is 0 Å². The molecule has 0 radical (unpaired) electrons. The fraction of sp³-hybridized carbons (Fsp3) is 0.167. The molecule has 31 heavy (non-hydrogen) atoms. The van der Waals surface area contributed by atoms with Crippen LogP contribution in [0.5, 0.6) is 11.5 Å². The first-order valence-electron chi connectivity index (χ1n) is 9.73. The Morgan fingerprint density at radius 2 is 1.84 bits per heavy atom. The Morgan fingerprint density at radius 1 is 1.06 bits per heavy atom. The highest BCUT2D eigenvalue weighted by molar-refractivity contribution is 9.10. The fourth-order valence-electron chi connectivity index (χ4n) is 3.44. The summed E-state index contributed by atoms with van der Waals surface area (Å²) in [6, 6.07) is 17.6. The van der Waals surface area contributed by atoms with Crippen molar-refractivity contribution in [1.29, 1.82) is 0 Å². The second-order valence-electron chi connectivity index (χ2n) is 6.92. The zero-order chi connectivity index (χ0) is 22.0. The van der Waals surface area contributed by atoms with Crippen LogP contribution in [0.15, 0.2) is 64.0 Å². The smallest absolute Gasteiger partial charge is 0.293 e. The van der Waals surface area contributed by atoms with Gasteiger partial charge in [0.2, 0.25) is 0 Å². The number of fused-ring (bicyclic) bond motifs is 1. The molecule has 158 valence electrons. The summed E-state index contributed by atoms with van der Waals surface area (Å²) in [6.07, 6.45) is 1.71. The number of methoxy groups -OCH3 is 1. The number of carbonyl (C=O) groups excluding carboxylic acids is 2. The van der Waals surface area contributed by atoms with Crippen LogP contribution in [-0.4, -0.2) is 29.8 Å². The van der Waals surface area contributed by atoms with Crippen molar-refractivity contribution in [3.8, 4) is 11.5 Å². The molecular formula is C24H20BrNO4S. The average Bonchev–Trinajstić information content (AvgIpc) is 3.01. The number of ether oxygens (including phenoxy) is 2. The molecule has 0 spiro atoms. The molecule has 7 heteroatoms. The average molecular weight is 498 g/mol. The van der Waals surface area contributed by atoms with Crippen LogP contribution in [0.2, 0.25) is 0 Å². The maximum atomic E-state index is 13.0. The van der Waals surface area contributed by atoms with Gasteiger partial charge in [0.1, 0.15) is 0 Å². The van der Waals surface area contributed by atoms with Crippen molar-refractivity contribution in [3.63, 3.8) is 0 Å². The largest absolute Gasteiger partial charge is 0.492 e. The Morgan fingerprint density at radius 3 is 2.58 bits per heavy atom. The fourth-order valence-corrected chi connectivity index (χ4v) is 4.90. The van der Waals surface area contributed by atoms with Gasteiger partial charge in [-0.2, -0.15) is 0 Å². The minimum Gasteiger partial charge on any atom is -0.492 e. The number of imide groups is 1. The van der Waals surface area contributed by atoms with Gasteiger partial charge in [-0.1, -0.05) is 36.4 Å². The summed E-state index contributed by atoms with van der Waals surface area (Å²) in [6.45, 7) is 2.61. The molecule has 0 aromatic heterocycles. The second-order valence-corrected chi connectivity index (χ2v) is 8.76. The molecule has 1 fully saturated rings. The highest BCUT2D eigenvalue weighted by Crippen LogP contribution is 2.39. The van der Waals surface area contributed by atoms with E-state index in [4.69, 9.17) is 9.47 Å². The summed E-state index contributed by atoms with van der Waals surface area (Å²) < 4.78 is 11.7. The third kappa shape index (κ3) is 4.48. The molecule has 4 rings (SSSR count). The Bertz CT molecular complexity index is 1210. The lowest BCUT2D eigenvalue weighted by Gasteiger charge is -2.13. The number of halogens is 1. The molecule has 0 atom stereocenters. The van der Waals surface area contributed by atoms with Crippen LogP contribution in [0.1, 0.15) is 18.1 Å². The number of rotatable bonds is 6. The van der Waals surface area contributed by atoms with Gasteiger partial charge in [-0.25, -0.2) is 0 Å². The minimum atomic E-state index is -0.298. The van der Waals surface area contributed by atoms with E-state index < -0.39 is 0 Å². The highest BCUT2D eigenvalue weighted by atomic mass is 79.9. The Labute approximate surface area is 193 Å². The van der Waals surface area contributed by atoms with Gasteiger partial charge < -0.3 is 9.47 Å². The van der Waals surface area contributed by atoms with Gasteiger partial charge in [-0.15, -0.1) is 0 Å². The molecule has 0 bridgehead atoms. The van der Waals surface area contributed by atoms with Gasteiger partial charge in [0.15, 0.2) is 11.5 Å². The van der Waals surface area contributed by atoms with E-state index in [1.165, 1.54) is 4.90 Å². The van der Waals surface area contributed by atoms with E-state index in [1.807, 2.05) is 55.5 Å². The van der Waals surface area contributed by atoms with Gasteiger partial charge in [-0.05, 0) is 80.8 Å². The first kappa shape index (κ1) is 21.5. The highest BCUT2D eigenvalue weighted by Gasteiger charge is 2.35. The summed E-state index contributed by atoms with van der Waals surface area (Å²) in [5, 5.41) is 1.92. The summed E-state index contributed by atoms with van der Waals surface area (Å²) in [5.41, 5.74) is 1.65. The van der Waals surface area contributed by atoms with Crippen LogP contribution in [0.3, 0.4) is 0 Å². The molecule has 3 aromatic rings. The van der Waals surface area contributed by atoms with Crippen molar-refractivity contribution < 1.29 is 19.1 Å². The standard InChI is InChI=1S/C24H20BrNO4S/c1-3-30-20-12-16(11-19(25)22(20)29-2)13-21-23(27)26(24(28)31-21)14-15-8-9-17-6-4-5-7-18(17)10-15/h4-13H,3,14H2,1-2H3/b21-13-. The van der Waals surface area contributed by atoms with Crippen LogP contribution < -0.4 is 9.47 Å². The zero-order valence-electron chi connectivity index (χ0n) is 17.1. The predicted octanol–water partition coefficient (Wildman–Crippen LogP) is 6.25. The van der Waals surface area contributed by atoms with E-state index in [-0.39, 0.29) is 17.7 Å². The zero-order valence-corrected chi connectivity index (χ0v) is 19.5. The summed E-state index contributed by atoms with van der Waals surface area (Å²) in [4.78, 5) is 27.2. The molecule has 0 saturated carbocycles. The lowest BCUT2D eigenvalue weighted by atomic mass is 10.1. The van der Waals surface area contributed by atoms with Gasteiger partial charge in [-0.3, -0.25) is 14.5 Å². The van der Waals surface area contributed by atoms with Crippen LogP contribution in [0.25, 0.3) is 16.8 Å². The maximum absolute atomic E-state index is 13.0. The molecule has 5 nitrogen and oxygen atoms in total. The van der Waals surface area contributed by atoms with Gasteiger partial charge >= 0.3 is 0 Å². The molecule has 1 aliphatic heterocycles. The summed E-state index contributed by atoms with van der Waals surface area (Å²) in [7, 11) is 1.57. The SMILES string of the molecule is CCOc1cc(/C=C2\SC(=O)N(Cc3ccc4ccccc4c3)C2=O)cc(Br)c1OC. The molecule has 2 amide bonds. The Kier molecular flexibility index (Phi) is 6.34. The minimum absolute atomic E-state index is 0.239. The number of benzene rings is 3. The lowest BCUT2D eigenvalue weighted by molar-refractivity contribution is -0.123. The molecule has 1 aliphatic rings. The topological polar surface area (TPSA) is 55.8 Å². The quantitative estimate of drug-likeness (QED) is 0.377. The summed E-state index contributed by atoms with van der Waals surface area (Å²) >= 11 is 4.42. The number of hydrogen-bond donors (Lipinski definition) is 0. The van der Waals surface area contributed by atoms with Crippen molar-refractivity contribution in [2.75, 3.05) is 13.7 Å². The second kappa shape index (κ2) is 9.16. The summed E-state index contributed by atoms with van der Waals surface area (Å²) in [5.74, 6) is 0.859. The molecular weight excluding hydrogens is 478 g/mol. The number of hydrogen-bond acceptors (Lipinski definition) is 5. The molecule has 1 saturated heterocycles. The van der Waals surface area contributed by atoms with E-state index in [1.54, 1.807) is 19.3 Å². The molecule has 1 heterocycles. The molecule has 0 aliphatic carbocycles. The van der Waals surface area contributed by atoms with E-state index in [9.17, 15) is 9.59 Å². The molecule has 0 unspecified atom stereocenters. The van der Waals surface area contributed by atoms with Crippen LogP contribution in [-0.2, 0) is 11.3 Å². The number of amides is 2. The molecule has 0 N–H and O–H groups in total. The van der Waals surface area contributed by atoms with Crippen molar-refractivity contribution >= 4 is 55.7 Å². The third-order valence-electron chi connectivity index (χ3n) is 4.86. The monoisotopic (exact) mass is 497 g/mol. The van der Waals surface area contributed by atoms with Gasteiger partial charge in [0.05, 0.1) is 29.6 Å². The van der Waals surface area contributed by atoms with Crippen molar-refractivity contribution in [1.82, 2.24) is 4.90 Å². The van der Waals surface area contributed by atoms with E-state index >= 15 is 0 Å². The van der Waals surface area contributed by atoms with E-state index in [0.717, 1.165) is 33.7 Å². The van der Waals surface area contributed by atoms with Crippen molar-refractivity contribution in [3.05, 3.63) is 75.1 Å². The normalized spacial score (nSPS) is 15.2. The van der Waals surface area contributed by atoms with Crippen LogP contribution in [0.4, 0.5) is 4.79 Å². The van der Waals surface area contributed by atoms with Gasteiger partial charge in [0.25, 0.3) is 11.1 Å². The Hall–Kier alpha value is -2.77. The third-order valence-corrected chi connectivity index (χ3v) is 6.36. The first-order valence-corrected chi connectivity index (χ1v) is 11.3. The van der Waals surface area contributed by atoms with Gasteiger partial charge in [0, 0.05) is 0 Å². The first-order chi connectivity index (χ1) is 15.0.